The van der Waals surface area contributed by atoms with Gasteiger partial charge in [0.25, 0.3) is 5.91 Å². The maximum absolute atomic E-state index is 13.8. The lowest BCUT2D eigenvalue weighted by atomic mass is 10.0. The Morgan fingerprint density at radius 1 is 1.06 bits per heavy atom. The topological polar surface area (TPSA) is 77.1 Å². The average Bonchev–Trinajstić information content (AvgIpc) is 3.35. The molecule has 3 heterocycles. The number of nitrogens with one attached hydrogen (secondary N) is 1. The largest absolute Gasteiger partial charge is 0.433 e. The van der Waals surface area contributed by atoms with E-state index < -0.39 is 17.8 Å². The molecule has 3 aromatic heterocycles. The summed E-state index contributed by atoms with van der Waals surface area (Å²) in [5.41, 5.74) is 3.07. The van der Waals surface area contributed by atoms with Crippen molar-refractivity contribution in [3.8, 4) is 11.3 Å². The number of carbonyl (C=O) groups is 1. The van der Waals surface area contributed by atoms with Crippen LogP contribution in [0.4, 0.5) is 13.2 Å². The SMILES string of the molecule is CCn1cc(CNC(=O)c2cc3nc(-c4ccc(C)c(C)c4)cc(C(F)(F)F)n3n2)c(C)n1. The van der Waals surface area contributed by atoms with Crippen LogP contribution >= 0.6 is 0 Å². The van der Waals surface area contributed by atoms with Crippen LogP contribution < -0.4 is 5.32 Å². The Balaban J connectivity index is 1.69. The molecule has 0 aliphatic rings. The number of alkyl halides is 3. The van der Waals surface area contributed by atoms with Crippen LogP contribution in [0.3, 0.4) is 0 Å². The van der Waals surface area contributed by atoms with Crippen LogP contribution in [0.5, 0.6) is 0 Å². The van der Waals surface area contributed by atoms with Crippen molar-refractivity contribution in [2.45, 2.75) is 47.0 Å². The molecule has 1 aromatic carbocycles. The number of amides is 1. The van der Waals surface area contributed by atoms with Crippen molar-refractivity contribution in [2.24, 2.45) is 0 Å². The molecule has 0 radical (unpaired) electrons. The molecular formula is C23H23F3N6O. The van der Waals surface area contributed by atoms with Gasteiger partial charge in [-0.1, -0.05) is 12.1 Å². The molecule has 0 aliphatic carbocycles. The number of halogens is 3. The Morgan fingerprint density at radius 3 is 2.45 bits per heavy atom. The van der Waals surface area contributed by atoms with Crippen molar-refractivity contribution >= 4 is 11.6 Å². The number of nitrogens with zero attached hydrogens (tertiary/aromatic N) is 5. The van der Waals surface area contributed by atoms with E-state index in [2.05, 4.69) is 20.5 Å². The average molecular weight is 456 g/mol. The van der Waals surface area contributed by atoms with Crippen LogP contribution in [0.25, 0.3) is 16.9 Å². The lowest BCUT2D eigenvalue weighted by molar-refractivity contribution is -0.142. The van der Waals surface area contributed by atoms with Crippen LogP contribution in [-0.4, -0.2) is 30.3 Å². The van der Waals surface area contributed by atoms with E-state index in [0.29, 0.717) is 16.6 Å². The zero-order valence-corrected chi connectivity index (χ0v) is 18.7. The second kappa shape index (κ2) is 8.34. The first-order valence-corrected chi connectivity index (χ1v) is 10.4. The molecule has 172 valence electrons. The van der Waals surface area contributed by atoms with Crippen molar-refractivity contribution in [1.29, 1.82) is 0 Å². The number of rotatable bonds is 5. The van der Waals surface area contributed by atoms with Crippen molar-refractivity contribution in [3.05, 3.63) is 70.3 Å². The van der Waals surface area contributed by atoms with Gasteiger partial charge in [0.15, 0.2) is 17.0 Å². The summed E-state index contributed by atoms with van der Waals surface area (Å²) >= 11 is 0. The molecule has 0 atom stereocenters. The van der Waals surface area contributed by atoms with E-state index in [0.717, 1.165) is 28.5 Å². The van der Waals surface area contributed by atoms with Gasteiger partial charge in [-0.15, -0.1) is 0 Å². The summed E-state index contributed by atoms with van der Waals surface area (Å²) in [6.07, 6.45) is -2.86. The molecule has 1 N–H and O–H groups in total. The molecule has 7 nitrogen and oxygen atoms in total. The van der Waals surface area contributed by atoms with Gasteiger partial charge in [-0.2, -0.15) is 23.4 Å². The van der Waals surface area contributed by atoms with Crippen LogP contribution in [0, 0.1) is 20.8 Å². The molecule has 0 unspecified atom stereocenters. The quantitative estimate of drug-likeness (QED) is 0.480. The molecule has 1 amide bonds. The number of hydrogen-bond acceptors (Lipinski definition) is 4. The van der Waals surface area contributed by atoms with Crippen molar-refractivity contribution < 1.29 is 18.0 Å². The summed E-state index contributed by atoms with van der Waals surface area (Å²) in [7, 11) is 0. The third-order valence-corrected chi connectivity index (χ3v) is 5.56. The molecule has 0 saturated heterocycles. The monoisotopic (exact) mass is 456 g/mol. The summed E-state index contributed by atoms with van der Waals surface area (Å²) in [6, 6.07) is 7.56. The Hall–Kier alpha value is -3.69. The molecule has 33 heavy (non-hydrogen) atoms. The summed E-state index contributed by atoms with van der Waals surface area (Å²) in [5.74, 6) is -0.593. The number of carbonyl (C=O) groups excluding carboxylic acids is 1. The van der Waals surface area contributed by atoms with E-state index in [1.165, 1.54) is 6.07 Å². The first-order valence-electron chi connectivity index (χ1n) is 10.4. The Labute approximate surface area is 188 Å². The van der Waals surface area contributed by atoms with Gasteiger partial charge in [0, 0.05) is 36.5 Å². The number of benzene rings is 1. The predicted octanol–water partition coefficient (Wildman–Crippen LogP) is 4.49. The molecule has 0 fully saturated rings. The van der Waals surface area contributed by atoms with Gasteiger partial charge in [-0.25, -0.2) is 9.50 Å². The summed E-state index contributed by atoms with van der Waals surface area (Å²) in [4.78, 5) is 17.0. The molecule has 0 aliphatic heterocycles. The maximum atomic E-state index is 13.8. The second-order valence-electron chi connectivity index (χ2n) is 7.90. The van der Waals surface area contributed by atoms with Gasteiger partial charge in [-0.3, -0.25) is 9.48 Å². The van der Waals surface area contributed by atoms with Gasteiger partial charge >= 0.3 is 6.18 Å². The molecule has 4 aromatic rings. The molecule has 0 spiro atoms. The summed E-state index contributed by atoms with van der Waals surface area (Å²) in [5, 5.41) is 10.9. The molecule has 0 saturated carbocycles. The third-order valence-electron chi connectivity index (χ3n) is 5.56. The van der Waals surface area contributed by atoms with E-state index in [1.807, 2.05) is 40.0 Å². The highest BCUT2D eigenvalue weighted by molar-refractivity contribution is 5.93. The smallest absolute Gasteiger partial charge is 0.346 e. The van der Waals surface area contributed by atoms with Gasteiger partial charge in [0.2, 0.25) is 0 Å². The van der Waals surface area contributed by atoms with E-state index >= 15 is 0 Å². The lowest BCUT2D eigenvalue weighted by Gasteiger charge is -2.11. The number of hydrogen-bond donors (Lipinski definition) is 1. The van der Waals surface area contributed by atoms with Crippen LogP contribution in [0.1, 0.15) is 45.5 Å². The first kappa shape index (κ1) is 22.5. The van der Waals surface area contributed by atoms with E-state index in [1.54, 1.807) is 16.8 Å². The summed E-state index contributed by atoms with van der Waals surface area (Å²) in [6.45, 7) is 8.46. The van der Waals surface area contributed by atoms with E-state index in [-0.39, 0.29) is 23.6 Å². The van der Waals surface area contributed by atoms with Gasteiger partial charge in [-0.05, 0) is 51.0 Å². The van der Waals surface area contributed by atoms with Crippen LogP contribution in [-0.2, 0) is 19.3 Å². The highest BCUT2D eigenvalue weighted by Gasteiger charge is 2.35. The van der Waals surface area contributed by atoms with Gasteiger partial charge in [0.1, 0.15) is 0 Å². The first-order chi connectivity index (χ1) is 15.6. The maximum Gasteiger partial charge on any atom is 0.433 e. The van der Waals surface area contributed by atoms with E-state index in [4.69, 9.17) is 0 Å². The molecule has 4 rings (SSSR count). The highest BCUT2D eigenvalue weighted by atomic mass is 19.4. The fourth-order valence-corrected chi connectivity index (χ4v) is 3.50. The Kier molecular flexibility index (Phi) is 5.69. The lowest BCUT2D eigenvalue weighted by Crippen LogP contribution is -2.23. The third kappa shape index (κ3) is 4.46. The van der Waals surface area contributed by atoms with Crippen molar-refractivity contribution in [2.75, 3.05) is 0 Å². The second-order valence-corrected chi connectivity index (χ2v) is 7.90. The zero-order chi connectivity index (χ0) is 23.9. The minimum absolute atomic E-state index is 0.0572. The predicted molar refractivity (Wildman–Crippen MR) is 117 cm³/mol. The number of aryl methyl sites for hydroxylation is 4. The highest BCUT2D eigenvalue weighted by Crippen LogP contribution is 2.32. The Bertz CT molecular complexity index is 1350. The summed E-state index contributed by atoms with van der Waals surface area (Å²) < 4.78 is 43.9. The molecule has 10 heteroatoms. The van der Waals surface area contributed by atoms with Crippen LogP contribution in [0.2, 0.25) is 0 Å². The fraction of sp³-hybridized carbons (Fsp3) is 0.304. The number of fused-ring (bicyclic) bond motifs is 1. The number of aromatic nitrogens is 5. The van der Waals surface area contributed by atoms with Crippen LogP contribution in [0.15, 0.2) is 36.5 Å². The van der Waals surface area contributed by atoms with Gasteiger partial charge < -0.3 is 5.32 Å². The molecular weight excluding hydrogens is 433 g/mol. The fourth-order valence-electron chi connectivity index (χ4n) is 3.50. The zero-order valence-electron chi connectivity index (χ0n) is 18.7. The van der Waals surface area contributed by atoms with Gasteiger partial charge in [0.05, 0.1) is 11.4 Å². The van der Waals surface area contributed by atoms with Crippen molar-refractivity contribution in [3.63, 3.8) is 0 Å². The van der Waals surface area contributed by atoms with Crippen molar-refractivity contribution in [1.82, 2.24) is 29.7 Å². The van der Waals surface area contributed by atoms with E-state index in [9.17, 15) is 18.0 Å². The Morgan fingerprint density at radius 2 is 1.82 bits per heavy atom. The normalized spacial score (nSPS) is 11.8. The molecule has 0 bridgehead atoms. The minimum Gasteiger partial charge on any atom is -0.346 e. The standard InChI is InChI=1S/C23H23F3N6O/c1-5-31-12-17(15(4)29-31)11-27-22(33)19-10-21-28-18(16-7-6-13(2)14(3)8-16)9-20(23(24,25)26)32(21)30-19/h6-10,12H,5,11H2,1-4H3,(H,27,33). The minimum atomic E-state index is -4.68.